The van der Waals surface area contributed by atoms with E-state index >= 15 is 0 Å². The molecule has 3 N–H and O–H groups in total. The number of halogens is 1. The van der Waals surface area contributed by atoms with Gasteiger partial charge in [0, 0.05) is 11.6 Å². The van der Waals surface area contributed by atoms with Crippen molar-refractivity contribution in [2.24, 2.45) is 0 Å². The minimum Gasteiger partial charge on any atom is -0.392 e. The summed E-state index contributed by atoms with van der Waals surface area (Å²) in [5, 5.41) is 14.8. The standard InChI is InChI=1S/C12H14FN3O3S/c1-8(9-3-2-4-11(13)5-9)16-20(18,19)12-10(7-17)6-14-15-12/h2-6,8,16-17H,7H2,1H3,(H,14,15). The average molecular weight is 299 g/mol. The number of aromatic amines is 1. The first kappa shape index (κ1) is 14.6. The van der Waals surface area contributed by atoms with E-state index in [1.807, 2.05) is 0 Å². The smallest absolute Gasteiger partial charge is 0.258 e. The van der Waals surface area contributed by atoms with Crippen LogP contribution in [0.3, 0.4) is 0 Å². The van der Waals surface area contributed by atoms with Gasteiger partial charge in [0.1, 0.15) is 5.82 Å². The van der Waals surface area contributed by atoms with E-state index in [1.165, 1.54) is 24.4 Å². The van der Waals surface area contributed by atoms with Crippen molar-refractivity contribution in [2.75, 3.05) is 0 Å². The Morgan fingerprint density at radius 1 is 1.50 bits per heavy atom. The zero-order valence-corrected chi connectivity index (χ0v) is 11.5. The van der Waals surface area contributed by atoms with Gasteiger partial charge in [-0.2, -0.15) is 5.10 Å². The number of hydrogen-bond acceptors (Lipinski definition) is 4. The van der Waals surface area contributed by atoms with E-state index in [4.69, 9.17) is 5.11 Å². The molecule has 0 saturated carbocycles. The molecule has 6 nitrogen and oxygen atoms in total. The van der Waals surface area contributed by atoms with Crippen LogP contribution < -0.4 is 4.72 Å². The fourth-order valence-electron chi connectivity index (χ4n) is 1.78. The molecule has 0 fully saturated rings. The number of rotatable bonds is 5. The molecule has 2 aromatic rings. The topological polar surface area (TPSA) is 95.1 Å². The van der Waals surface area contributed by atoms with E-state index in [0.29, 0.717) is 5.56 Å². The van der Waals surface area contributed by atoms with Crippen molar-refractivity contribution in [3.8, 4) is 0 Å². The van der Waals surface area contributed by atoms with E-state index in [0.717, 1.165) is 0 Å². The fraction of sp³-hybridized carbons (Fsp3) is 0.250. The van der Waals surface area contributed by atoms with Gasteiger partial charge < -0.3 is 5.11 Å². The van der Waals surface area contributed by atoms with Crippen LogP contribution >= 0.6 is 0 Å². The van der Waals surface area contributed by atoms with Crippen LogP contribution in [0.5, 0.6) is 0 Å². The average Bonchev–Trinajstić information content (AvgIpc) is 2.87. The largest absolute Gasteiger partial charge is 0.392 e. The molecule has 8 heteroatoms. The third-order valence-electron chi connectivity index (χ3n) is 2.80. The van der Waals surface area contributed by atoms with Crippen molar-refractivity contribution < 1.29 is 17.9 Å². The summed E-state index contributed by atoms with van der Waals surface area (Å²) in [6, 6.07) is 5.04. The number of hydrogen-bond donors (Lipinski definition) is 3. The molecule has 0 spiro atoms. The lowest BCUT2D eigenvalue weighted by atomic mass is 10.1. The van der Waals surface area contributed by atoms with Crippen LogP contribution in [0.4, 0.5) is 4.39 Å². The van der Waals surface area contributed by atoms with Gasteiger partial charge in [0.05, 0.1) is 12.8 Å². The molecule has 1 aromatic carbocycles. The van der Waals surface area contributed by atoms with Gasteiger partial charge in [0.25, 0.3) is 10.0 Å². The minimum absolute atomic E-state index is 0.170. The maximum absolute atomic E-state index is 13.1. The first-order chi connectivity index (χ1) is 9.44. The highest BCUT2D eigenvalue weighted by atomic mass is 32.2. The van der Waals surface area contributed by atoms with Gasteiger partial charge in [-0.3, -0.25) is 5.10 Å². The van der Waals surface area contributed by atoms with Gasteiger partial charge in [0.2, 0.25) is 0 Å². The quantitative estimate of drug-likeness (QED) is 0.770. The van der Waals surface area contributed by atoms with Crippen molar-refractivity contribution in [2.45, 2.75) is 24.6 Å². The number of benzene rings is 1. The Bertz CT molecular complexity index is 699. The number of aromatic nitrogens is 2. The van der Waals surface area contributed by atoms with Crippen molar-refractivity contribution >= 4 is 10.0 Å². The molecule has 0 saturated heterocycles. The summed E-state index contributed by atoms with van der Waals surface area (Å²) in [7, 11) is -3.87. The maximum Gasteiger partial charge on any atom is 0.258 e. The maximum atomic E-state index is 13.1. The SMILES string of the molecule is CC(NS(=O)(=O)c1[nH]ncc1CO)c1cccc(F)c1. The predicted molar refractivity (Wildman–Crippen MR) is 69.6 cm³/mol. The van der Waals surface area contributed by atoms with Gasteiger partial charge in [-0.05, 0) is 24.6 Å². The van der Waals surface area contributed by atoms with Crippen LogP contribution in [0.15, 0.2) is 35.5 Å². The Balaban J connectivity index is 2.24. The zero-order chi connectivity index (χ0) is 14.8. The molecule has 0 aliphatic rings. The number of H-pyrrole nitrogens is 1. The van der Waals surface area contributed by atoms with E-state index in [-0.39, 0.29) is 10.6 Å². The second-order valence-corrected chi connectivity index (χ2v) is 5.93. The van der Waals surface area contributed by atoms with Crippen molar-refractivity contribution in [3.63, 3.8) is 0 Å². The lowest BCUT2D eigenvalue weighted by Crippen LogP contribution is -2.28. The number of nitrogens with zero attached hydrogens (tertiary/aromatic N) is 1. The molecule has 0 radical (unpaired) electrons. The molecule has 1 heterocycles. The normalized spacial score (nSPS) is 13.3. The molecule has 0 aliphatic carbocycles. The summed E-state index contributed by atoms with van der Waals surface area (Å²) in [5.41, 5.74) is 0.669. The zero-order valence-electron chi connectivity index (χ0n) is 10.7. The van der Waals surface area contributed by atoms with Gasteiger partial charge >= 0.3 is 0 Å². The molecule has 1 unspecified atom stereocenters. The number of nitrogens with one attached hydrogen (secondary N) is 2. The number of aliphatic hydroxyl groups is 1. The summed E-state index contributed by atoms with van der Waals surface area (Å²) < 4.78 is 39.8. The number of sulfonamides is 1. The van der Waals surface area contributed by atoms with Crippen molar-refractivity contribution in [3.05, 3.63) is 47.4 Å². The van der Waals surface area contributed by atoms with E-state index in [1.54, 1.807) is 13.0 Å². The van der Waals surface area contributed by atoms with Gasteiger partial charge in [-0.15, -0.1) is 0 Å². The Labute approximate surface area is 115 Å². The molecule has 0 bridgehead atoms. The van der Waals surface area contributed by atoms with Gasteiger partial charge in [0.15, 0.2) is 5.03 Å². The molecule has 2 rings (SSSR count). The van der Waals surface area contributed by atoms with Crippen molar-refractivity contribution in [1.29, 1.82) is 0 Å². The van der Waals surface area contributed by atoms with Gasteiger partial charge in [-0.1, -0.05) is 12.1 Å². The second kappa shape index (κ2) is 5.70. The molecule has 20 heavy (non-hydrogen) atoms. The predicted octanol–water partition coefficient (Wildman–Crippen LogP) is 1.08. The molecule has 108 valence electrons. The number of aliphatic hydroxyl groups excluding tert-OH is 1. The first-order valence-electron chi connectivity index (χ1n) is 5.85. The first-order valence-corrected chi connectivity index (χ1v) is 7.33. The summed E-state index contributed by atoms with van der Waals surface area (Å²) in [6.45, 7) is 1.16. The lowest BCUT2D eigenvalue weighted by molar-refractivity contribution is 0.278. The highest BCUT2D eigenvalue weighted by Gasteiger charge is 2.23. The van der Waals surface area contributed by atoms with Crippen LogP contribution in [0, 0.1) is 5.82 Å². The monoisotopic (exact) mass is 299 g/mol. The van der Waals surface area contributed by atoms with Crippen LogP contribution in [0.1, 0.15) is 24.1 Å². The Morgan fingerprint density at radius 3 is 2.90 bits per heavy atom. The van der Waals surface area contributed by atoms with E-state index < -0.39 is 28.5 Å². The van der Waals surface area contributed by atoms with Crippen LogP contribution in [0.2, 0.25) is 0 Å². The third-order valence-corrected chi connectivity index (χ3v) is 4.35. The fourth-order valence-corrected chi connectivity index (χ4v) is 3.13. The van der Waals surface area contributed by atoms with Gasteiger partial charge in [-0.25, -0.2) is 17.5 Å². The van der Waals surface area contributed by atoms with Crippen LogP contribution in [-0.2, 0) is 16.6 Å². The lowest BCUT2D eigenvalue weighted by Gasteiger charge is -2.14. The highest BCUT2D eigenvalue weighted by Crippen LogP contribution is 2.18. The molecule has 1 aromatic heterocycles. The Hall–Kier alpha value is -1.77. The Morgan fingerprint density at radius 2 is 2.25 bits per heavy atom. The molecule has 0 amide bonds. The molecular weight excluding hydrogens is 285 g/mol. The van der Waals surface area contributed by atoms with E-state index in [9.17, 15) is 12.8 Å². The van der Waals surface area contributed by atoms with Crippen LogP contribution in [0.25, 0.3) is 0 Å². The highest BCUT2D eigenvalue weighted by molar-refractivity contribution is 7.89. The Kier molecular flexibility index (Phi) is 4.17. The second-order valence-electron chi connectivity index (χ2n) is 4.28. The summed E-state index contributed by atoms with van der Waals surface area (Å²) in [6.07, 6.45) is 1.24. The summed E-state index contributed by atoms with van der Waals surface area (Å²) >= 11 is 0. The van der Waals surface area contributed by atoms with Crippen LogP contribution in [-0.4, -0.2) is 23.7 Å². The molecule has 1 atom stereocenters. The summed E-state index contributed by atoms with van der Waals surface area (Å²) in [4.78, 5) is 0. The van der Waals surface area contributed by atoms with Crippen molar-refractivity contribution in [1.82, 2.24) is 14.9 Å². The minimum atomic E-state index is -3.87. The van der Waals surface area contributed by atoms with E-state index in [2.05, 4.69) is 14.9 Å². The third kappa shape index (κ3) is 3.03. The summed E-state index contributed by atoms with van der Waals surface area (Å²) in [5.74, 6) is -0.439. The molecular formula is C12H14FN3O3S. The molecule has 0 aliphatic heterocycles.